The van der Waals surface area contributed by atoms with Crippen LogP contribution in [0.5, 0.6) is 0 Å². The number of hydrogen-bond donors (Lipinski definition) is 1. The number of sulfone groups is 1. The zero-order valence-electron chi connectivity index (χ0n) is 8.67. The smallest absolute Gasteiger partial charge is 0.184 e. The number of nitrogens with two attached hydrogens (primary N) is 1. The highest BCUT2D eigenvalue weighted by Crippen LogP contribution is 2.25. The number of Topliss-reactive ketones (excluding diaryl/α,β-unsaturated/α-hetero) is 1. The van der Waals surface area contributed by atoms with Gasteiger partial charge in [-0.25, -0.2) is 8.42 Å². The zero-order chi connectivity index (χ0) is 11.9. The molecule has 1 atom stereocenters. The van der Waals surface area contributed by atoms with E-state index in [4.69, 9.17) is 5.73 Å². The van der Waals surface area contributed by atoms with E-state index in [-0.39, 0.29) is 10.7 Å². The van der Waals surface area contributed by atoms with Crippen molar-refractivity contribution in [3.8, 4) is 0 Å². The molecule has 0 aromatic heterocycles. The van der Waals surface area contributed by atoms with Crippen LogP contribution >= 0.6 is 0 Å². The molecule has 0 spiro atoms. The molecule has 5 heteroatoms. The molecule has 0 heterocycles. The molecule has 4 nitrogen and oxygen atoms in total. The summed E-state index contributed by atoms with van der Waals surface area (Å²) in [6.07, 6.45) is 4.23. The summed E-state index contributed by atoms with van der Waals surface area (Å²) in [7, 11) is -3.33. The molecule has 84 valence electrons. The molecule has 0 fully saturated rings. The molecule has 1 aliphatic rings. The molecule has 0 aliphatic heterocycles. The number of carbonyl (C=O) groups excluding carboxylic acids is 1. The Morgan fingerprint density at radius 1 is 1.31 bits per heavy atom. The number of carbonyl (C=O) groups is 1. The van der Waals surface area contributed by atoms with Crippen LogP contribution in [0.25, 0.3) is 6.08 Å². The fourth-order valence-electron chi connectivity index (χ4n) is 1.72. The first kappa shape index (κ1) is 11.0. The first-order chi connectivity index (χ1) is 7.41. The van der Waals surface area contributed by atoms with Crippen molar-refractivity contribution in [1.82, 2.24) is 0 Å². The number of fused-ring (bicyclic) bond motifs is 1. The monoisotopic (exact) mass is 237 g/mol. The summed E-state index contributed by atoms with van der Waals surface area (Å²) in [4.78, 5) is 11.9. The molecule has 0 bridgehead atoms. The van der Waals surface area contributed by atoms with Crippen LogP contribution in [0.2, 0.25) is 0 Å². The highest BCUT2D eigenvalue weighted by Gasteiger charge is 2.24. The van der Waals surface area contributed by atoms with Gasteiger partial charge in [0.1, 0.15) is 0 Å². The van der Waals surface area contributed by atoms with Crippen molar-refractivity contribution in [3.05, 3.63) is 35.4 Å². The van der Waals surface area contributed by atoms with Crippen LogP contribution in [-0.4, -0.2) is 26.5 Å². The molecule has 2 rings (SSSR count). The quantitative estimate of drug-likeness (QED) is 0.777. The molecule has 0 saturated heterocycles. The third-order valence-electron chi connectivity index (χ3n) is 2.50. The fourth-order valence-corrected chi connectivity index (χ4v) is 2.62. The standard InChI is InChI=1S/C11H11NO3S/c1-16(14,15)10-4-2-3-8-7(10)5-6-9(12)11(8)13/h2-6,9H,12H2,1H3. The first-order valence-corrected chi connectivity index (χ1v) is 6.61. The summed E-state index contributed by atoms with van der Waals surface area (Å²) in [5.74, 6) is -0.247. The Hall–Kier alpha value is -1.46. The maximum absolute atomic E-state index is 11.7. The number of ketones is 1. The van der Waals surface area contributed by atoms with Gasteiger partial charge in [-0.1, -0.05) is 24.3 Å². The molecule has 0 amide bonds. The van der Waals surface area contributed by atoms with Crippen molar-refractivity contribution in [2.75, 3.05) is 6.26 Å². The highest BCUT2D eigenvalue weighted by atomic mass is 32.2. The third-order valence-corrected chi connectivity index (χ3v) is 3.66. The number of rotatable bonds is 1. The van der Waals surface area contributed by atoms with Crippen LogP contribution in [0, 0.1) is 0 Å². The molecular formula is C11H11NO3S. The second-order valence-electron chi connectivity index (χ2n) is 3.74. The van der Waals surface area contributed by atoms with Crippen molar-refractivity contribution in [3.63, 3.8) is 0 Å². The molecule has 0 radical (unpaired) electrons. The summed E-state index contributed by atoms with van der Waals surface area (Å²) in [5, 5.41) is 0. The normalized spacial score (nSPS) is 19.6. The lowest BCUT2D eigenvalue weighted by Crippen LogP contribution is -2.31. The Morgan fingerprint density at radius 2 is 2.00 bits per heavy atom. The second kappa shape index (κ2) is 3.54. The van der Waals surface area contributed by atoms with E-state index in [1.807, 2.05) is 0 Å². The van der Waals surface area contributed by atoms with Gasteiger partial charge in [0.15, 0.2) is 15.6 Å². The van der Waals surface area contributed by atoms with Gasteiger partial charge in [0.2, 0.25) is 0 Å². The molecule has 1 unspecified atom stereocenters. The van der Waals surface area contributed by atoms with Gasteiger partial charge in [0, 0.05) is 17.4 Å². The predicted molar refractivity (Wildman–Crippen MR) is 60.9 cm³/mol. The average molecular weight is 237 g/mol. The van der Waals surface area contributed by atoms with E-state index < -0.39 is 15.9 Å². The fraction of sp³-hybridized carbons (Fsp3) is 0.182. The number of hydrogen-bond acceptors (Lipinski definition) is 4. The highest BCUT2D eigenvalue weighted by molar-refractivity contribution is 7.90. The van der Waals surface area contributed by atoms with E-state index in [0.717, 1.165) is 6.26 Å². The van der Waals surface area contributed by atoms with Crippen LogP contribution in [0.15, 0.2) is 29.2 Å². The molecule has 0 saturated carbocycles. The van der Waals surface area contributed by atoms with E-state index in [0.29, 0.717) is 11.1 Å². The van der Waals surface area contributed by atoms with E-state index in [1.54, 1.807) is 18.2 Å². The van der Waals surface area contributed by atoms with Gasteiger partial charge < -0.3 is 5.73 Å². The lowest BCUT2D eigenvalue weighted by Gasteiger charge is -2.16. The van der Waals surface area contributed by atoms with E-state index in [1.165, 1.54) is 12.1 Å². The van der Waals surface area contributed by atoms with Crippen molar-refractivity contribution in [2.24, 2.45) is 5.73 Å². The topological polar surface area (TPSA) is 77.2 Å². The SMILES string of the molecule is CS(=O)(=O)c1cccc2c1C=CC(N)C2=O. The van der Waals surface area contributed by atoms with Crippen LogP contribution in [0.4, 0.5) is 0 Å². The first-order valence-electron chi connectivity index (χ1n) is 4.72. The van der Waals surface area contributed by atoms with Gasteiger partial charge in [-0.05, 0) is 6.07 Å². The minimum Gasteiger partial charge on any atom is -0.318 e. The van der Waals surface area contributed by atoms with Crippen molar-refractivity contribution in [1.29, 1.82) is 0 Å². The Kier molecular flexibility index (Phi) is 2.44. The molecule has 2 N–H and O–H groups in total. The Balaban J connectivity index is 2.75. The maximum Gasteiger partial charge on any atom is 0.184 e. The Bertz CT molecular complexity index is 587. The Morgan fingerprint density at radius 3 is 2.62 bits per heavy atom. The van der Waals surface area contributed by atoms with Crippen LogP contribution in [0.1, 0.15) is 15.9 Å². The lowest BCUT2D eigenvalue weighted by atomic mass is 9.93. The van der Waals surface area contributed by atoms with Gasteiger partial charge >= 0.3 is 0 Å². The molecule has 1 aliphatic carbocycles. The van der Waals surface area contributed by atoms with Gasteiger partial charge in [0.05, 0.1) is 10.9 Å². The largest absolute Gasteiger partial charge is 0.318 e. The van der Waals surface area contributed by atoms with Gasteiger partial charge in [0.25, 0.3) is 0 Å². The molecule has 1 aromatic carbocycles. The number of benzene rings is 1. The summed E-state index contributed by atoms with van der Waals surface area (Å²) >= 11 is 0. The van der Waals surface area contributed by atoms with Crippen molar-refractivity contribution >= 4 is 21.7 Å². The maximum atomic E-state index is 11.7. The van der Waals surface area contributed by atoms with E-state index in [2.05, 4.69) is 0 Å². The van der Waals surface area contributed by atoms with Gasteiger partial charge in [-0.2, -0.15) is 0 Å². The minimum atomic E-state index is -3.33. The summed E-state index contributed by atoms with van der Waals surface area (Å²) < 4.78 is 23.0. The third kappa shape index (κ3) is 1.68. The van der Waals surface area contributed by atoms with Gasteiger partial charge in [-0.15, -0.1) is 0 Å². The van der Waals surface area contributed by atoms with E-state index in [9.17, 15) is 13.2 Å². The summed E-state index contributed by atoms with van der Waals surface area (Å²) in [5.41, 5.74) is 6.38. The van der Waals surface area contributed by atoms with Crippen molar-refractivity contribution in [2.45, 2.75) is 10.9 Å². The molecular weight excluding hydrogens is 226 g/mol. The van der Waals surface area contributed by atoms with E-state index >= 15 is 0 Å². The lowest BCUT2D eigenvalue weighted by molar-refractivity contribution is 0.0976. The van der Waals surface area contributed by atoms with Crippen LogP contribution in [0.3, 0.4) is 0 Å². The summed E-state index contributed by atoms with van der Waals surface area (Å²) in [6.45, 7) is 0. The average Bonchev–Trinajstić information content (AvgIpc) is 2.21. The minimum absolute atomic E-state index is 0.168. The van der Waals surface area contributed by atoms with Crippen LogP contribution < -0.4 is 5.73 Å². The van der Waals surface area contributed by atoms with Crippen molar-refractivity contribution < 1.29 is 13.2 Å². The second-order valence-corrected chi connectivity index (χ2v) is 5.72. The molecule has 16 heavy (non-hydrogen) atoms. The van der Waals surface area contributed by atoms with Gasteiger partial charge in [-0.3, -0.25) is 4.79 Å². The summed E-state index contributed by atoms with van der Waals surface area (Å²) in [6, 6.07) is 3.96. The predicted octanol–water partition coefficient (Wildman–Crippen LogP) is 0.627. The Labute approximate surface area is 93.7 Å². The zero-order valence-corrected chi connectivity index (χ0v) is 9.49. The van der Waals surface area contributed by atoms with Crippen LogP contribution in [-0.2, 0) is 9.84 Å². The molecule has 1 aromatic rings.